The Morgan fingerprint density at radius 3 is 2.85 bits per heavy atom. The van der Waals surface area contributed by atoms with Crippen molar-refractivity contribution in [3.05, 3.63) is 45.9 Å². The zero-order chi connectivity index (χ0) is 14.5. The normalized spacial score (nSPS) is 10.4. The van der Waals surface area contributed by atoms with Crippen LogP contribution in [0.1, 0.15) is 18.3 Å². The van der Waals surface area contributed by atoms with Crippen LogP contribution < -0.4 is 10.1 Å². The summed E-state index contributed by atoms with van der Waals surface area (Å²) in [5, 5.41) is 3.14. The van der Waals surface area contributed by atoms with E-state index in [2.05, 4.69) is 31.2 Å². The first kappa shape index (κ1) is 14.7. The molecule has 0 saturated heterocycles. The Bertz CT molecular complexity index is 607. The van der Waals surface area contributed by atoms with Gasteiger partial charge in [-0.25, -0.2) is 9.37 Å². The molecule has 0 aliphatic rings. The third-order valence-electron chi connectivity index (χ3n) is 2.57. The van der Waals surface area contributed by atoms with Crippen LogP contribution in [0.3, 0.4) is 0 Å². The highest BCUT2D eigenvalue weighted by Crippen LogP contribution is 2.20. The van der Waals surface area contributed by atoms with Crippen LogP contribution in [0.2, 0.25) is 0 Å². The molecule has 4 nitrogen and oxygen atoms in total. The highest BCUT2D eigenvalue weighted by Gasteiger charge is 2.05. The van der Waals surface area contributed by atoms with Crippen LogP contribution in [0.25, 0.3) is 0 Å². The molecule has 0 spiro atoms. The molecule has 0 atom stereocenters. The lowest BCUT2D eigenvalue weighted by molar-refractivity contribution is 0.325. The number of benzene rings is 1. The molecule has 0 fully saturated rings. The summed E-state index contributed by atoms with van der Waals surface area (Å²) in [6, 6.07) is 6.30. The lowest BCUT2D eigenvalue weighted by atomic mass is 10.2. The number of aryl methyl sites for hydroxylation is 1. The molecular weight excluding hydrogens is 325 g/mol. The fraction of sp³-hybridized carbons (Fsp3) is 0.286. The number of nitrogens with zero attached hydrogens (tertiary/aromatic N) is 2. The molecule has 6 heteroatoms. The Kier molecular flexibility index (Phi) is 4.89. The number of ether oxygens (including phenoxy) is 1. The fourth-order valence-corrected chi connectivity index (χ4v) is 2.10. The molecule has 2 aromatic rings. The summed E-state index contributed by atoms with van der Waals surface area (Å²) in [6.45, 7) is 4.70. The molecule has 0 radical (unpaired) electrons. The van der Waals surface area contributed by atoms with Crippen molar-refractivity contribution in [1.82, 2.24) is 9.97 Å². The van der Waals surface area contributed by atoms with Gasteiger partial charge in [0.1, 0.15) is 17.5 Å². The molecule has 1 heterocycles. The van der Waals surface area contributed by atoms with Crippen molar-refractivity contribution in [3.8, 4) is 5.88 Å². The maximum absolute atomic E-state index is 13.2. The van der Waals surface area contributed by atoms with Gasteiger partial charge in [-0.05, 0) is 37.6 Å². The summed E-state index contributed by atoms with van der Waals surface area (Å²) < 4.78 is 19.4. The largest absolute Gasteiger partial charge is 0.478 e. The van der Waals surface area contributed by atoms with Gasteiger partial charge < -0.3 is 10.1 Å². The van der Waals surface area contributed by atoms with Gasteiger partial charge in [0, 0.05) is 17.1 Å². The van der Waals surface area contributed by atoms with E-state index < -0.39 is 0 Å². The van der Waals surface area contributed by atoms with E-state index in [1.165, 1.54) is 12.1 Å². The molecule has 0 saturated carbocycles. The first-order valence-electron chi connectivity index (χ1n) is 6.24. The van der Waals surface area contributed by atoms with Gasteiger partial charge in [-0.3, -0.25) is 0 Å². The molecule has 1 N–H and O–H groups in total. The van der Waals surface area contributed by atoms with Crippen LogP contribution in [-0.2, 0) is 6.54 Å². The number of halogens is 2. The van der Waals surface area contributed by atoms with Gasteiger partial charge in [-0.1, -0.05) is 15.9 Å². The highest BCUT2D eigenvalue weighted by molar-refractivity contribution is 9.10. The number of aromatic nitrogens is 2. The van der Waals surface area contributed by atoms with E-state index >= 15 is 0 Å². The van der Waals surface area contributed by atoms with E-state index in [9.17, 15) is 4.39 Å². The summed E-state index contributed by atoms with van der Waals surface area (Å²) >= 11 is 3.39. The van der Waals surface area contributed by atoms with Gasteiger partial charge in [-0.15, -0.1) is 0 Å². The molecule has 20 heavy (non-hydrogen) atoms. The summed E-state index contributed by atoms with van der Waals surface area (Å²) in [5.41, 5.74) is 0.819. The molecule has 1 aromatic carbocycles. The first-order valence-corrected chi connectivity index (χ1v) is 7.04. The highest BCUT2D eigenvalue weighted by atomic mass is 79.9. The molecule has 0 unspecified atom stereocenters. The van der Waals surface area contributed by atoms with E-state index in [1.54, 1.807) is 19.1 Å². The predicted octanol–water partition coefficient (Wildman–Crippen LogP) is 3.70. The topological polar surface area (TPSA) is 47.0 Å². The van der Waals surface area contributed by atoms with E-state index in [4.69, 9.17) is 4.74 Å². The van der Waals surface area contributed by atoms with Crippen LogP contribution in [0.5, 0.6) is 5.88 Å². The van der Waals surface area contributed by atoms with E-state index in [0.717, 1.165) is 10.0 Å². The number of nitrogens with one attached hydrogen (secondary N) is 1. The first-order chi connectivity index (χ1) is 9.58. The van der Waals surface area contributed by atoms with Gasteiger partial charge in [-0.2, -0.15) is 4.98 Å². The van der Waals surface area contributed by atoms with Crippen LogP contribution in [0, 0.1) is 12.7 Å². The Labute approximate surface area is 125 Å². The van der Waals surface area contributed by atoms with Crippen molar-refractivity contribution in [1.29, 1.82) is 0 Å². The standard InChI is InChI=1S/C14H15BrFN3O/c1-3-20-14-7-13(18-9(2)19-14)17-8-10-6-11(16)4-5-12(10)15/h4-7H,3,8H2,1-2H3,(H,17,18,19). The molecular formula is C14H15BrFN3O. The van der Waals surface area contributed by atoms with Gasteiger partial charge in [0.15, 0.2) is 0 Å². The van der Waals surface area contributed by atoms with Crippen molar-refractivity contribution in [2.24, 2.45) is 0 Å². The van der Waals surface area contributed by atoms with Crippen molar-refractivity contribution in [2.75, 3.05) is 11.9 Å². The molecule has 2 rings (SSSR count). The van der Waals surface area contributed by atoms with E-state index in [0.29, 0.717) is 30.7 Å². The average Bonchev–Trinajstić information content (AvgIpc) is 2.40. The SMILES string of the molecule is CCOc1cc(NCc2cc(F)ccc2Br)nc(C)n1. The predicted molar refractivity (Wildman–Crippen MR) is 79.4 cm³/mol. The molecule has 106 valence electrons. The van der Waals surface area contributed by atoms with Crippen molar-refractivity contribution >= 4 is 21.7 Å². The van der Waals surface area contributed by atoms with Crippen molar-refractivity contribution in [2.45, 2.75) is 20.4 Å². The van der Waals surface area contributed by atoms with Gasteiger partial charge in [0.25, 0.3) is 0 Å². The van der Waals surface area contributed by atoms with E-state index in [1.807, 2.05) is 6.92 Å². The van der Waals surface area contributed by atoms with E-state index in [-0.39, 0.29) is 5.82 Å². The minimum absolute atomic E-state index is 0.265. The fourth-order valence-electron chi connectivity index (χ4n) is 1.72. The Balaban J connectivity index is 2.12. The quantitative estimate of drug-likeness (QED) is 0.902. The second-order valence-corrected chi connectivity index (χ2v) is 5.02. The average molecular weight is 340 g/mol. The van der Waals surface area contributed by atoms with Crippen LogP contribution in [0.4, 0.5) is 10.2 Å². The van der Waals surface area contributed by atoms with Crippen LogP contribution in [0.15, 0.2) is 28.7 Å². The Morgan fingerprint density at radius 1 is 1.30 bits per heavy atom. The van der Waals surface area contributed by atoms with Gasteiger partial charge >= 0.3 is 0 Å². The molecule has 0 amide bonds. The second kappa shape index (κ2) is 6.65. The number of anilines is 1. The zero-order valence-electron chi connectivity index (χ0n) is 11.3. The molecule has 1 aromatic heterocycles. The van der Waals surface area contributed by atoms with Crippen molar-refractivity contribution in [3.63, 3.8) is 0 Å². The number of hydrogen-bond acceptors (Lipinski definition) is 4. The monoisotopic (exact) mass is 339 g/mol. The third-order valence-corrected chi connectivity index (χ3v) is 3.35. The summed E-state index contributed by atoms with van der Waals surface area (Å²) in [5.74, 6) is 1.54. The Hall–Kier alpha value is -1.69. The lowest BCUT2D eigenvalue weighted by Crippen LogP contribution is -2.05. The van der Waals surface area contributed by atoms with Gasteiger partial charge in [0.2, 0.25) is 5.88 Å². The number of hydrogen-bond donors (Lipinski definition) is 1. The zero-order valence-corrected chi connectivity index (χ0v) is 12.9. The summed E-state index contributed by atoms with van der Waals surface area (Å²) in [6.07, 6.45) is 0. The summed E-state index contributed by atoms with van der Waals surface area (Å²) in [7, 11) is 0. The maximum Gasteiger partial charge on any atom is 0.218 e. The van der Waals surface area contributed by atoms with Gasteiger partial charge in [0.05, 0.1) is 6.61 Å². The second-order valence-electron chi connectivity index (χ2n) is 4.16. The molecule has 0 bridgehead atoms. The summed E-state index contributed by atoms with van der Waals surface area (Å²) in [4.78, 5) is 8.44. The van der Waals surface area contributed by atoms with Crippen LogP contribution >= 0.6 is 15.9 Å². The smallest absolute Gasteiger partial charge is 0.218 e. The third kappa shape index (κ3) is 3.90. The Morgan fingerprint density at radius 2 is 2.10 bits per heavy atom. The molecule has 0 aliphatic heterocycles. The molecule has 0 aliphatic carbocycles. The maximum atomic E-state index is 13.2. The van der Waals surface area contributed by atoms with Crippen molar-refractivity contribution < 1.29 is 9.13 Å². The van der Waals surface area contributed by atoms with Crippen LogP contribution in [-0.4, -0.2) is 16.6 Å². The lowest BCUT2D eigenvalue weighted by Gasteiger charge is -2.10. The number of rotatable bonds is 5. The minimum Gasteiger partial charge on any atom is -0.478 e. The minimum atomic E-state index is -0.265.